The fraction of sp³-hybridized carbons (Fsp3) is 0.491. The number of rotatable bonds is 22. The summed E-state index contributed by atoms with van der Waals surface area (Å²) < 4.78 is 11.1. The fourth-order valence-electron chi connectivity index (χ4n) is 9.77. The molecule has 2 aliphatic heterocycles. The van der Waals surface area contributed by atoms with Gasteiger partial charge in [-0.2, -0.15) is 0 Å². The molecule has 74 heavy (non-hydrogen) atoms. The summed E-state index contributed by atoms with van der Waals surface area (Å²) in [6, 6.07) is 21.5. The van der Waals surface area contributed by atoms with Crippen molar-refractivity contribution in [2.75, 3.05) is 39.3 Å². The van der Waals surface area contributed by atoms with E-state index < -0.39 is 40.1 Å². The molecule has 4 amide bonds. The van der Waals surface area contributed by atoms with E-state index in [9.17, 15) is 34.4 Å². The number of ether oxygens (including phenoxy) is 1. The monoisotopic (exact) mass is 1050 g/mol. The second-order valence-corrected chi connectivity index (χ2v) is 21.8. The number of unbranched alkanes of at least 4 members (excludes halogenated alkanes) is 6. The maximum absolute atomic E-state index is 14.1. The van der Waals surface area contributed by atoms with Crippen molar-refractivity contribution in [1.29, 1.82) is 0 Å². The van der Waals surface area contributed by atoms with Crippen LogP contribution >= 0.6 is 22.9 Å². The highest BCUT2D eigenvalue weighted by Crippen LogP contribution is 2.34. The van der Waals surface area contributed by atoms with Gasteiger partial charge >= 0.3 is 5.69 Å². The molecule has 0 spiro atoms. The van der Waals surface area contributed by atoms with Crippen molar-refractivity contribution in [2.24, 2.45) is 5.41 Å². The normalized spacial score (nSPS) is 17.4. The van der Waals surface area contributed by atoms with E-state index in [1.165, 1.54) is 11.8 Å². The molecule has 4 heterocycles. The summed E-state index contributed by atoms with van der Waals surface area (Å²) in [4.78, 5) is 76.0. The van der Waals surface area contributed by atoms with E-state index >= 15 is 0 Å². The van der Waals surface area contributed by atoms with E-state index in [1.807, 2.05) is 101 Å². The molecule has 2 aromatic heterocycles. The molecule has 19 heteroatoms. The lowest BCUT2D eigenvalue weighted by atomic mass is 9.85. The second-order valence-electron chi connectivity index (χ2n) is 20.5. The number of carbonyl (C=O) groups excluding carboxylic acids is 4. The lowest BCUT2D eigenvalue weighted by Gasteiger charge is -2.39. The number of aromatic nitrogens is 2. The van der Waals surface area contributed by atoms with Gasteiger partial charge in [0.15, 0.2) is 0 Å². The number of carbonyl (C=O) groups is 4. The van der Waals surface area contributed by atoms with Crippen LogP contribution in [0.15, 0.2) is 82.8 Å². The molecule has 3 N–H and O–H groups in total. The van der Waals surface area contributed by atoms with Crippen molar-refractivity contribution >= 4 is 52.3 Å². The molecule has 2 saturated heterocycles. The number of halogens is 1. The van der Waals surface area contributed by atoms with Gasteiger partial charge in [0.05, 0.1) is 45.8 Å². The Morgan fingerprint density at radius 1 is 0.878 bits per heavy atom. The molecular weight excluding hydrogens is 984 g/mol. The predicted molar refractivity (Wildman–Crippen MR) is 284 cm³/mol. The van der Waals surface area contributed by atoms with Crippen LogP contribution in [0.1, 0.15) is 136 Å². The first-order valence-electron chi connectivity index (χ1n) is 25.6. The van der Waals surface area contributed by atoms with Crippen LogP contribution in [0.4, 0.5) is 5.69 Å². The molecule has 2 aliphatic rings. The van der Waals surface area contributed by atoms with Crippen molar-refractivity contribution in [1.82, 2.24) is 35.5 Å². The molecule has 396 valence electrons. The van der Waals surface area contributed by atoms with Crippen molar-refractivity contribution < 1.29 is 38.5 Å². The van der Waals surface area contributed by atoms with Gasteiger partial charge in [-0.25, -0.2) is 4.98 Å². The standard InChI is InChI=1S/C55H69ClN8O9S/c1-35(38-15-17-41(18-16-38)50-36(2)57-34-74-50)58-52(67)45-32-43(65)33-63(45)54(69)51(55(4,5)6)59-46(66)14-12-10-8-7-9-11-13-31-72-44-25-21-40(22-26-44)49(39-19-23-42(56)24-20-39)61-27-29-62(30-28-61)53(68)47-48(64(70)71)37(3)73-60-47/h15-26,34-35,43,45,49,51,65H,7-14,27-33H2,1-6H3,(H,58,67)(H,59,66)/t35-,43+,45-,49?,51+/m0/s1. The largest absolute Gasteiger partial charge is 0.494 e. The maximum Gasteiger partial charge on any atom is 0.344 e. The lowest BCUT2D eigenvalue weighted by molar-refractivity contribution is -0.386. The van der Waals surface area contributed by atoms with E-state index in [-0.39, 0.29) is 60.6 Å². The summed E-state index contributed by atoms with van der Waals surface area (Å²) in [5.41, 5.74) is 5.52. The summed E-state index contributed by atoms with van der Waals surface area (Å²) >= 11 is 7.83. The van der Waals surface area contributed by atoms with Crippen LogP contribution in [0, 0.1) is 29.4 Å². The van der Waals surface area contributed by atoms with E-state index in [4.69, 9.17) is 20.9 Å². The van der Waals surface area contributed by atoms with Gasteiger partial charge in [-0.15, -0.1) is 11.3 Å². The van der Waals surface area contributed by atoms with Crippen LogP contribution in [0.5, 0.6) is 5.75 Å². The van der Waals surface area contributed by atoms with Gasteiger partial charge in [0.2, 0.25) is 29.2 Å². The minimum absolute atomic E-state index is 0.00587. The third kappa shape index (κ3) is 14.1. The van der Waals surface area contributed by atoms with Crippen LogP contribution in [-0.2, 0) is 14.4 Å². The molecule has 0 saturated carbocycles. The Labute approximate surface area is 442 Å². The number of benzene rings is 3. The smallest absolute Gasteiger partial charge is 0.344 e. The van der Waals surface area contributed by atoms with Gasteiger partial charge in [-0.3, -0.25) is 34.2 Å². The van der Waals surface area contributed by atoms with Crippen molar-refractivity contribution in [2.45, 2.75) is 130 Å². The first-order chi connectivity index (χ1) is 35.4. The molecule has 17 nitrogen and oxygen atoms in total. The van der Waals surface area contributed by atoms with Gasteiger partial charge < -0.3 is 34.8 Å². The summed E-state index contributed by atoms with van der Waals surface area (Å²) in [5.74, 6) is -0.688. The van der Waals surface area contributed by atoms with Crippen LogP contribution in [0.2, 0.25) is 5.02 Å². The summed E-state index contributed by atoms with van der Waals surface area (Å²) in [7, 11) is 0. The highest BCUT2D eigenvalue weighted by Gasteiger charge is 2.45. The number of hydrogen-bond acceptors (Lipinski definition) is 13. The number of thiazole rings is 1. The number of aliphatic hydroxyl groups is 1. The van der Waals surface area contributed by atoms with Gasteiger partial charge in [0, 0.05) is 57.5 Å². The van der Waals surface area contributed by atoms with Gasteiger partial charge in [-0.05, 0) is 78.6 Å². The number of aryl methyl sites for hydroxylation is 2. The Morgan fingerprint density at radius 2 is 1.49 bits per heavy atom. The zero-order valence-electron chi connectivity index (χ0n) is 43.2. The highest BCUT2D eigenvalue weighted by molar-refractivity contribution is 7.13. The molecule has 0 bridgehead atoms. The molecule has 3 aromatic carbocycles. The Balaban J connectivity index is 0.802. The number of nitrogens with one attached hydrogen (secondary N) is 2. The topological polar surface area (TPSA) is 214 Å². The maximum atomic E-state index is 14.1. The van der Waals surface area contributed by atoms with Crippen molar-refractivity contribution in [3.63, 3.8) is 0 Å². The van der Waals surface area contributed by atoms with Gasteiger partial charge in [-0.1, -0.05) is 118 Å². The first-order valence-corrected chi connectivity index (χ1v) is 26.9. The average molecular weight is 1050 g/mol. The molecule has 5 aromatic rings. The number of piperazine rings is 1. The van der Waals surface area contributed by atoms with E-state index in [0.29, 0.717) is 44.2 Å². The molecular formula is C55H69ClN8O9S. The zero-order chi connectivity index (χ0) is 53.1. The van der Waals surface area contributed by atoms with Gasteiger partial charge in [0.1, 0.15) is 17.8 Å². The third-order valence-electron chi connectivity index (χ3n) is 13.9. The average Bonchev–Trinajstić information content (AvgIpc) is 4.11. The number of nitro groups is 1. The third-order valence-corrected chi connectivity index (χ3v) is 15.2. The van der Waals surface area contributed by atoms with Gasteiger partial charge in [0.25, 0.3) is 5.91 Å². The quantitative estimate of drug-likeness (QED) is 0.0336. The minimum Gasteiger partial charge on any atom is -0.494 e. The van der Waals surface area contributed by atoms with Crippen LogP contribution in [0.3, 0.4) is 0 Å². The van der Waals surface area contributed by atoms with Crippen molar-refractivity contribution in [3.8, 4) is 16.2 Å². The number of nitrogens with zero attached hydrogens (tertiary/aromatic N) is 6. The van der Waals surface area contributed by atoms with Crippen LogP contribution in [-0.4, -0.2) is 116 Å². The van der Waals surface area contributed by atoms with E-state index in [0.717, 1.165) is 77.1 Å². The lowest BCUT2D eigenvalue weighted by Crippen LogP contribution is -2.57. The molecule has 0 radical (unpaired) electrons. The summed E-state index contributed by atoms with van der Waals surface area (Å²) in [6.07, 6.45) is 6.10. The number of aliphatic hydroxyl groups excluding tert-OH is 1. The predicted octanol–water partition coefficient (Wildman–Crippen LogP) is 9.39. The Kier molecular flexibility index (Phi) is 19.0. The first kappa shape index (κ1) is 55.5. The van der Waals surface area contributed by atoms with E-state index in [2.05, 4.69) is 37.8 Å². The van der Waals surface area contributed by atoms with E-state index in [1.54, 1.807) is 16.2 Å². The molecule has 2 fully saturated rings. The Morgan fingerprint density at radius 3 is 2.09 bits per heavy atom. The summed E-state index contributed by atoms with van der Waals surface area (Å²) in [6.45, 7) is 13.3. The second kappa shape index (κ2) is 25.3. The molecule has 1 unspecified atom stereocenters. The minimum atomic E-state index is -0.873. The number of β-amino-alcohol motifs (C(OH)–C–C–N with tert-alkyl or cyclic N) is 1. The number of amides is 4. The van der Waals surface area contributed by atoms with Crippen LogP contribution < -0.4 is 15.4 Å². The molecule has 5 atom stereocenters. The zero-order valence-corrected chi connectivity index (χ0v) is 44.8. The van der Waals surface area contributed by atoms with Crippen molar-refractivity contribution in [3.05, 3.63) is 127 Å². The fourth-order valence-corrected chi connectivity index (χ4v) is 10.7. The molecule has 0 aliphatic carbocycles. The highest BCUT2D eigenvalue weighted by atomic mass is 35.5. The number of hydrogen-bond donors (Lipinski definition) is 3. The Hall–Kier alpha value is -6.21. The summed E-state index contributed by atoms with van der Waals surface area (Å²) in [5, 5.41) is 32.6. The SMILES string of the molecule is Cc1ncsc1-c1ccc([C@H](C)NC(=O)[C@@H]2C[C@@H](O)CN2C(=O)[C@@H](NC(=O)CCCCCCCCCOc2ccc(C(c3ccc(Cl)cc3)N3CCN(C(=O)c4noc(C)c4[N+](=O)[O-])CC3)cc2)C(C)(C)C)cc1. The molecule has 7 rings (SSSR count). The Bertz CT molecular complexity index is 2700. The number of likely N-dealkylation sites (tertiary alicyclic amines) is 1. The van der Waals surface area contributed by atoms with Crippen LogP contribution in [0.25, 0.3) is 10.4 Å².